The van der Waals surface area contributed by atoms with Crippen molar-refractivity contribution in [3.8, 4) is 0 Å². The molecule has 0 radical (unpaired) electrons. The molecule has 1 saturated heterocycles. The van der Waals surface area contributed by atoms with E-state index >= 15 is 0 Å². The fraction of sp³-hybridized carbons (Fsp3) is 0.667. The fourth-order valence-corrected chi connectivity index (χ4v) is 4.52. The van der Waals surface area contributed by atoms with Gasteiger partial charge in [0.05, 0.1) is 11.5 Å². The van der Waals surface area contributed by atoms with Gasteiger partial charge in [-0.1, -0.05) is 25.5 Å². The lowest BCUT2D eigenvalue weighted by atomic mass is 10.0. The van der Waals surface area contributed by atoms with Gasteiger partial charge in [-0.05, 0) is 43.5 Å². The summed E-state index contributed by atoms with van der Waals surface area (Å²) in [7, 11) is -0.247. The Bertz CT molecular complexity index is 762. The Balaban J connectivity index is 1.84. The molecular formula is C21H37N5O3S. The number of ether oxygens (including phenoxy) is 1. The van der Waals surface area contributed by atoms with Crippen molar-refractivity contribution in [3.05, 3.63) is 29.8 Å². The summed E-state index contributed by atoms with van der Waals surface area (Å²) in [6.07, 6.45) is 4.70. The Kier molecular flexibility index (Phi) is 10.6. The average Bonchev–Trinajstić information content (AvgIpc) is 2.76. The van der Waals surface area contributed by atoms with Gasteiger partial charge in [0.2, 0.25) is 10.0 Å². The highest BCUT2D eigenvalue weighted by Gasteiger charge is 2.19. The number of likely N-dealkylation sites (tertiary alicyclic amines) is 1. The summed E-state index contributed by atoms with van der Waals surface area (Å²) < 4.78 is 32.2. The van der Waals surface area contributed by atoms with Crippen LogP contribution in [0.4, 0.5) is 0 Å². The molecule has 1 fully saturated rings. The van der Waals surface area contributed by atoms with Gasteiger partial charge in [-0.2, -0.15) is 0 Å². The third-order valence-corrected chi connectivity index (χ3v) is 6.71. The number of hydrogen-bond acceptors (Lipinski definition) is 5. The third kappa shape index (κ3) is 8.22. The maximum absolute atomic E-state index is 12.4. The molecule has 170 valence electrons. The second-order valence-corrected chi connectivity index (χ2v) is 9.34. The van der Waals surface area contributed by atoms with Gasteiger partial charge in [-0.15, -0.1) is 0 Å². The van der Waals surface area contributed by atoms with E-state index in [1.165, 1.54) is 26.5 Å². The fourth-order valence-electron chi connectivity index (χ4n) is 3.44. The monoisotopic (exact) mass is 439 g/mol. The maximum atomic E-state index is 12.4. The number of benzene rings is 1. The highest BCUT2D eigenvalue weighted by Crippen LogP contribution is 2.13. The minimum Gasteiger partial charge on any atom is -0.383 e. The summed E-state index contributed by atoms with van der Waals surface area (Å²) in [5.41, 5.74) is 0.877. The lowest BCUT2D eigenvalue weighted by molar-refractivity contribution is 0.203. The van der Waals surface area contributed by atoms with Gasteiger partial charge >= 0.3 is 0 Å². The van der Waals surface area contributed by atoms with E-state index in [0.29, 0.717) is 19.2 Å². The molecule has 0 unspecified atom stereocenters. The molecule has 2 rings (SSSR count). The SMILES string of the molecule is CCCCN1CCC(NC(=NC)NCc2cccc(S(=O)(=O)NCCOC)c2)CC1. The molecule has 1 aliphatic heterocycles. The summed E-state index contributed by atoms with van der Waals surface area (Å²) in [6, 6.07) is 7.34. The van der Waals surface area contributed by atoms with Crippen LogP contribution in [0, 0.1) is 0 Å². The first-order chi connectivity index (χ1) is 14.5. The van der Waals surface area contributed by atoms with Crippen LogP contribution in [0.3, 0.4) is 0 Å². The zero-order valence-electron chi connectivity index (χ0n) is 18.5. The lowest BCUT2D eigenvalue weighted by Crippen LogP contribution is -2.48. The van der Waals surface area contributed by atoms with Crippen molar-refractivity contribution in [3.63, 3.8) is 0 Å². The van der Waals surface area contributed by atoms with Gasteiger partial charge < -0.3 is 20.3 Å². The van der Waals surface area contributed by atoms with Crippen molar-refractivity contribution in [2.45, 2.75) is 50.1 Å². The van der Waals surface area contributed by atoms with Crippen LogP contribution in [0.15, 0.2) is 34.2 Å². The molecule has 1 heterocycles. The minimum absolute atomic E-state index is 0.245. The van der Waals surface area contributed by atoms with Crippen molar-refractivity contribution in [2.24, 2.45) is 4.99 Å². The highest BCUT2D eigenvalue weighted by atomic mass is 32.2. The molecule has 8 nitrogen and oxygen atoms in total. The molecule has 0 amide bonds. The first kappa shape index (κ1) is 24.6. The smallest absolute Gasteiger partial charge is 0.240 e. The standard InChI is InChI=1S/C21H37N5O3S/c1-4-5-12-26-13-9-19(10-14-26)25-21(22-2)23-17-18-7-6-8-20(16-18)30(27,28)24-11-15-29-3/h6-8,16,19,24H,4-5,9-15,17H2,1-3H3,(H2,22,23,25). The Labute approximate surface area is 181 Å². The largest absolute Gasteiger partial charge is 0.383 e. The molecular weight excluding hydrogens is 402 g/mol. The van der Waals surface area contributed by atoms with Crippen LogP contribution in [0.25, 0.3) is 0 Å². The Morgan fingerprint density at radius 1 is 1.30 bits per heavy atom. The van der Waals surface area contributed by atoms with Gasteiger partial charge in [-0.3, -0.25) is 4.99 Å². The number of unbranched alkanes of at least 4 members (excludes halogenated alkanes) is 1. The lowest BCUT2D eigenvalue weighted by Gasteiger charge is -2.33. The molecule has 0 atom stereocenters. The van der Waals surface area contributed by atoms with Crippen LogP contribution in [0.5, 0.6) is 0 Å². The van der Waals surface area contributed by atoms with Crippen molar-refractivity contribution >= 4 is 16.0 Å². The van der Waals surface area contributed by atoms with Crippen molar-refractivity contribution in [1.82, 2.24) is 20.3 Å². The van der Waals surface area contributed by atoms with E-state index in [4.69, 9.17) is 4.74 Å². The molecule has 1 aliphatic rings. The van der Waals surface area contributed by atoms with E-state index in [-0.39, 0.29) is 11.4 Å². The molecule has 3 N–H and O–H groups in total. The van der Waals surface area contributed by atoms with E-state index in [1.807, 2.05) is 6.07 Å². The Morgan fingerprint density at radius 2 is 2.07 bits per heavy atom. The second-order valence-electron chi connectivity index (χ2n) is 7.58. The van der Waals surface area contributed by atoms with Crippen molar-refractivity contribution < 1.29 is 13.2 Å². The van der Waals surface area contributed by atoms with Crippen LogP contribution >= 0.6 is 0 Å². The van der Waals surface area contributed by atoms with Gasteiger partial charge in [0.15, 0.2) is 5.96 Å². The molecule has 0 bridgehead atoms. The van der Waals surface area contributed by atoms with Gasteiger partial charge in [0.25, 0.3) is 0 Å². The number of nitrogens with one attached hydrogen (secondary N) is 3. The predicted octanol–water partition coefficient (Wildman–Crippen LogP) is 1.54. The first-order valence-electron chi connectivity index (χ1n) is 10.8. The Hall–Kier alpha value is -1.68. The van der Waals surface area contributed by atoms with Crippen molar-refractivity contribution in [2.75, 3.05) is 46.9 Å². The van der Waals surface area contributed by atoms with Crippen LogP contribution < -0.4 is 15.4 Å². The quantitative estimate of drug-likeness (QED) is 0.275. The number of methoxy groups -OCH3 is 1. The molecule has 0 saturated carbocycles. The molecule has 1 aromatic carbocycles. The molecule has 1 aromatic rings. The molecule has 0 aliphatic carbocycles. The summed E-state index contributed by atoms with van der Waals surface area (Å²) >= 11 is 0. The summed E-state index contributed by atoms with van der Waals surface area (Å²) in [4.78, 5) is 7.11. The highest BCUT2D eigenvalue weighted by molar-refractivity contribution is 7.89. The zero-order valence-corrected chi connectivity index (χ0v) is 19.3. The van der Waals surface area contributed by atoms with Gasteiger partial charge in [0.1, 0.15) is 0 Å². The van der Waals surface area contributed by atoms with E-state index in [2.05, 4.69) is 32.2 Å². The zero-order chi connectivity index (χ0) is 21.8. The third-order valence-electron chi connectivity index (χ3n) is 5.25. The van der Waals surface area contributed by atoms with Crippen LogP contribution in [-0.4, -0.2) is 72.3 Å². The molecule has 0 spiro atoms. The number of piperidine rings is 1. The average molecular weight is 440 g/mol. The molecule has 9 heteroatoms. The van der Waals surface area contributed by atoms with E-state index in [1.54, 1.807) is 25.2 Å². The van der Waals surface area contributed by atoms with E-state index in [0.717, 1.165) is 37.5 Å². The molecule has 0 aromatic heterocycles. The van der Waals surface area contributed by atoms with Crippen LogP contribution in [-0.2, 0) is 21.3 Å². The number of hydrogen-bond donors (Lipinski definition) is 3. The maximum Gasteiger partial charge on any atom is 0.240 e. The summed E-state index contributed by atoms with van der Waals surface area (Å²) in [6.45, 7) is 6.73. The first-order valence-corrected chi connectivity index (χ1v) is 12.2. The summed E-state index contributed by atoms with van der Waals surface area (Å²) in [5, 5.41) is 6.80. The predicted molar refractivity (Wildman–Crippen MR) is 121 cm³/mol. The number of sulfonamides is 1. The Morgan fingerprint density at radius 3 is 2.73 bits per heavy atom. The topological polar surface area (TPSA) is 95.1 Å². The second kappa shape index (κ2) is 12.9. The normalized spacial score (nSPS) is 16.6. The number of nitrogens with zero attached hydrogens (tertiary/aromatic N) is 2. The van der Waals surface area contributed by atoms with Gasteiger partial charge in [0, 0.05) is 46.4 Å². The molecule has 30 heavy (non-hydrogen) atoms. The van der Waals surface area contributed by atoms with E-state index in [9.17, 15) is 8.42 Å². The van der Waals surface area contributed by atoms with Gasteiger partial charge in [-0.25, -0.2) is 13.1 Å². The number of aliphatic imine (C=N–C) groups is 1. The number of rotatable bonds is 11. The van der Waals surface area contributed by atoms with Crippen LogP contribution in [0.2, 0.25) is 0 Å². The van der Waals surface area contributed by atoms with Crippen LogP contribution in [0.1, 0.15) is 38.2 Å². The summed E-state index contributed by atoms with van der Waals surface area (Å²) in [5.74, 6) is 0.744. The van der Waals surface area contributed by atoms with E-state index < -0.39 is 10.0 Å². The van der Waals surface area contributed by atoms with Crippen molar-refractivity contribution in [1.29, 1.82) is 0 Å². The minimum atomic E-state index is -3.54. The number of guanidine groups is 1.